The number of ketones is 1. The third-order valence-electron chi connectivity index (χ3n) is 3.20. The highest BCUT2D eigenvalue weighted by atomic mass is 16.1. The molecule has 0 N–H and O–H groups in total. The number of carbonyl (C=O) groups is 1. The average Bonchev–Trinajstić information content (AvgIpc) is 2.63. The molecule has 1 saturated carbocycles. The maximum Gasteiger partial charge on any atom is 0.139 e. The summed E-state index contributed by atoms with van der Waals surface area (Å²) in [7, 11) is 0. The number of Topliss-reactive ketones (excluding diaryl/α,β-unsaturated/α-hetero) is 1. The molecular weight excluding hydrogens is 148 g/mol. The SMILES string of the molecule is CCCC(=O)C1(C(C)(C)C)CC1. The van der Waals surface area contributed by atoms with Gasteiger partial charge in [-0.15, -0.1) is 0 Å². The fourth-order valence-corrected chi connectivity index (χ4v) is 2.04. The van der Waals surface area contributed by atoms with Crippen molar-refractivity contribution in [2.24, 2.45) is 10.8 Å². The molecule has 70 valence electrons. The summed E-state index contributed by atoms with van der Waals surface area (Å²) in [5, 5.41) is 0. The summed E-state index contributed by atoms with van der Waals surface area (Å²) >= 11 is 0. The van der Waals surface area contributed by atoms with E-state index in [0.717, 1.165) is 25.7 Å². The smallest absolute Gasteiger partial charge is 0.139 e. The van der Waals surface area contributed by atoms with E-state index in [1.54, 1.807) is 0 Å². The molecule has 0 aromatic carbocycles. The first-order chi connectivity index (χ1) is 5.44. The molecular formula is C11H20O. The van der Waals surface area contributed by atoms with Gasteiger partial charge in [-0.2, -0.15) is 0 Å². The lowest BCUT2D eigenvalue weighted by Gasteiger charge is -2.29. The second-order valence-corrected chi connectivity index (χ2v) is 5.01. The molecule has 0 aromatic rings. The van der Waals surface area contributed by atoms with Crippen LogP contribution in [0.2, 0.25) is 0 Å². The van der Waals surface area contributed by atoms with Gasteiger partial charge >= 0.3 is 0 Å². The Kier molecular flexibility index (Phi) is 2.33. The van der Waals surface area contributed by atoms with Crippen LogP contribution in [0.1, 0.15) is 53.4 Å². The molecule has 0 aromatic heterocycles. The second kappa shape index (κ2) is 2.86. The van der Waals surface area contributed by atoms with Gasteiger partial charge in [-0.25, -0.2) is 0 Å². The summed E-state index contributed by atoms with van der Waals surface area (Å²) < 4.78 is 0. The molecule has 0 unspecified atom stereocenters. The molecule has 1 nitrogen and oxygen atoms in total. The van der Waals surface area contributed by atoms with E-state index in [1.165, 1.54) is 0 Å². The van der Waals surface area contributed by atoms with Crippen LogP contribution in [-0.2, 0) is 4.79 Å². The molecule has 0 atom stereocenters. The summed E-state index contributed by atoms with van der Waals surface area (Å²) in [6.45, 7) is 8.64. The van der Waals surface area contributed by atoms with Crippen LogP contribution in [0.5, 0.6) is 0 Å². The predicted octanol–water partition coefficient (Wildman–Crippen LogP) is 3.18. The van der Waals surface area contributed by atoms with E-state index in [1.807, 2.05) is 0 Å². The van der Waals surface area contributed by atoms with Crippen LogP contribution < -0.4 is 0 Å². The molecule has 1 rings (SSSR count). The average molecular weight is 168 g/mol. The molecule has 0 amide bonds. The lowest BCUT2D eigenvalue weighted by Crippen LogP contribution is -2.30. The van der Waals surface area contributed by atoms with Gasteiger partial charge in [0.05, 0.1) is 0 Å². The van der Waals surface area contributed by atoms with Crippen molar-refractivity contribution in [3.8, 4) is 0 Å². The molecule has 0 radical (unpaired) electrons. The molecule has 1 heteroatoms. The molecule has 12 heavy (non-hydrogen) atoms. The third-order valence-corrected chi connectivity index (χ3v) is 3.20. The van der Waals surface area contributed by atoms with E-state index in [0.29, 0.717) is 5.78 Å². The van der Waals surface area contributed by atoms with Gasteiger partial charge in [-0.05, 0) is 24.7 Å². The minimum absolute atomic E-state index is 0.0585. The summed E-state index contributed by atoms with van der Waals surface area (Å²) in [6.07, 6.45) is 4.01. The molecule has 0 bridgehead atoms. The normalized spacial score (nSPS) is 20.7. The maximum atomic E-state index is 11.8. The second-order valence-electron chi connectivity index (χ2n) is 5.01. The van der Waals surface area contributed by atoms with Gasteiger partial charge < -0.3 is 0 Å². The first-order valence-electron chi connectivity index (χ1n) is 4.97. The Morgan fingerprint density at radius 2 is 1.83 bits per heavy atom. The highest BCUT2D eigenvalue weighted by Crippen LogP contribution is 2.59. The fraction of sp³-hybridized carbons (Fsp3) is 0.909. The largest absolute Gasteiger partial charge is 0.299 e. The number of hydrogen-bond donors (Lipinski definition) is 0. The molecule has 0 saturated heterocycles. The molecule has 0 heterocycles. The van der Waals surface area contributed by atoms with Crippen LogP contribution in [0.15, 0.2) is 0 Å². The van der Waals surface area contributed by atoms with Crippen molar-refractivity contribution in [2.75, 3.05) is 0 Å². The summed E-state index contributed by atoms with van der Waals surface area (Å²) in [5.74, 6) is 0.498. The zero-order valence-electron chi connectivity index (χ0n) is 8.74. The van der Waals surface area contributed by atoms with Crippen molar-refractivity contribution < 1.29 is 4.79 Å². The fourth-order valence-electron chi connectivity index (χ4n) is 2.04. The van der Waals surface area contributed by atoms with Crippen molar-refractivity contribution in [3.63, 3.8) is 0 Å². The number of carbonyl (C=O) groups excluding carboxylic acids is 1. The Balaban J connectivity index is 2.67. The van der Waals surface area contributed by atoms with Gasteiger partial charge in [0.1, 0.15) is 5.78 Å². The van der Waals surface area contributed by atoms with Crippen molar-refractivity contribution in [3.05, 3.63) is 0 Å². The monoisotopic (exact) mass is 168 g/mol. The summed E-state index contributed by atoms with van der Waals surface area (Å²) in [6, 6.07) is 0. The highest BCUT2D eigenvalue weighted by Gasteiger charge is 2.56. The van der Waals surface area contributed by atoms with Gasteiger partial charge in [0.25, 0.3) is 0 Å². The van der Waals surface area contributed by atoms with Crippen LogP contribution in [0.4, 0.5) is 0 Å². The predicted molar refractivity (Wildman–Crippen MR) is 51.0 cm³/mol. The standard InChI is InChI=1S/C11H20O/c1-5-6-9(12)11(7-8-11)10(2,3)4/h5-8H2,1-4H3. The van der Waals surface area contributed by atoms with E-state index in [9.17, 15) is 4.79 Å². The van der Waals surface area contributed by atoms with Gasteiger partial charge in [0.2, 0.25) is 0 Å². The van der Waals surface area contributed by atoms with Crippen molar-refractivity contribution in [1.82, 2.24) is 0 Å². The Hall–Kier alpha value is -0.330. The Bertz CT molecular complexity index is 182. The highest BCUT2D eigenvalue weighted by molar-refractivity contribution is 5.88. The van der Waals surface area contributed by atoms with Crippen molar-refractivity contribution in [2.45, 2.75) is 53.4 Å². The zero-order chi connectivity index (χ0) is 9.41. The first kappa shape index (κ1) is 9.76. The van der Waals surface area contributed by atoms with E-state index in [-0.39, 0.29) is 10.8 Å². The molecule has 1 aliphatic rings. The van der Waals surface area contributed by atoms with Crippen molar-refractivity contribution in [1.29, 1.82) is 0 Å². The first-order valence-corrected chi connectivity index (χ1v) is 4.97. The summed E-state index contributed by atoms with van der Waals surface area (Å²) in [4.78, 5) is 11.8. The molecule has 1 aliphatic carbocycles. The number of hydrogen-bond acceptors (Lipinski definition) is 1. The van der Waals surface area contributed by atoms with Gasteiger partial charge in [0.15, 0.2) is 0 Å². The van der Waals surface area contributed by atoms with E-state index in [2.05, 4.69) is 27.7 Å². The molecule has 1 fully saturated rings. The molecule has 0 aliphatic heterocycles. The third kappa shape index (κ3) is 1.41. The van der Waals surface area contributed by atoms with Gasteiger partial charge in [0, 0.05) is 11.8 Å². The number of rotatable bonds is 3. The Labute approximate surface area is 75.5 Å². The lowest BCUT2D eigenvalue weighted by molar-refractivity contribution is -0.127. The van der Waals surface area contributed by atoms with Crippen LogP contribution in [0.3, 0.4) is 0 Å². The van der Waals surface area contributed by atoms with Crippen LogP contribution in [0.25, 0.3) is 0 Å². The summed E-state index contributed by atoms with van der Waals surface area (Å²) in [5.41, 5.74) is 0.238. The zero-order valence-corrected chi connectivity index (χ0v) is 8.74. The van der Waals surface area contributed by atoms with Gasteiger partial charge in [-0.3, -0.25) is 4.79 Å². The van der Waals surface area contributed by atoms with E-state index < -0.39 is 0 Å². The van der Waals surface area contributed by atoms with Gasteiger partial charge in [-0.1, -0.05) is 27.7 Å². The minimum atomic E-state index is 0.0585. The van der Waals surface area contributed by atoms with E-state index >= 15 is 0 Å². The topological polar surface area (TPSA) is 17.1 Å². The lowest BCUT2D eigenvalue weighted by atomic mass is 9.74. The molecule has 0 spiro atoms. The van der Waals surface area contributed by atoms with E-state index in [4.69, 9.17) is 0 Å². The quantitative estimate of drug-likeness (QED) is 0.632. The van der Waals surface area contributed by atoms with Crippen molar-refractivity contribution >= 4 is 5.78 Å². The van der Waals surface area contributed by atoms with Crippen LogP contribution >= 0.6 is 0 Å². The Morgan fingerprint density at radius 1 is 1.33 bits per heavy atom. The maximum absolute atomic E-state index is 11.8. The van der Waals surface area contributed by atoms with Crippen LogP contribution in [-0.4, -0.2) is 5.78 Å². The van der Waals surface area contributed by atoms with Crippen LogP contribution in [0, 0.1) is 10.8 Å². The minimum Gasteiger partial charge on any atom is -0.299 e. The Morgan fingerprint density at radius 3 is 2.08 bits per heavy atom.